The number of ether oxygens (including phenoxy) is 1. The summed E-state index contributed by atoms with van der Waals surface area (Å²) in [6.45, 7) is 7.86. The molecule has 0 saturated carbocycles. The lowest BCUT2D eigenvalue weighted by atomic mass is 9.74. The molecule has 2 heterocycles. The molecule has 2 aliphatic heterocycles. The van der Waals surface area contributed by atoms with Gasteiger partial charge in [0.25, 0.3) is 0 Å². The molecule has 0 aromatic heterocycles. The first-order valence-electron chi connectivity index (χ1n) is 10.3. The van der Waals surface area contributed by atoms with E-state index in [2.05, 4.69) is 70.5 Å². The van der Waals surface area contributed by atoms with Gasteiger partial charge in [-0.1, -0.05) is 60.7 Å². The van der Waals surface area contributed by atoms with Gasteiger partial charge in [0.15, 0.2) is 0 Å². The highest BCUT2D eigenvalue weighted by Crippen LogP contribution is 2.42. The molecule has 2 aliphatic rings. The van der Waals surface area contributed by atoms with Crippen molar-refractivity contribution in [3.63, 3.8) is 0 Å². The van der Waals surface area contributed by atoms with Crippen LogP contribution in [0.25, 0.3) is 0 Å². The maximum atomic E-state index is 5.74. The van der Waals surface area contributed by atoms with Crippen LogP contribution in [0.3, 0.4) is 0 Å². The zero-order chi connectivity index (χ0) is 18.5. The standard InChI is InChI=1S/C24H32N2O/c1-27-20-24-18-25(14-12-21-8-4-2-5-9-21)15-13-23(24)17-26(19-24)16-22-10-6-3-7-11-22/h2-11,23H,12-20H2,1H3. The monoisotopic (exact) mass is 364 g/mol. The fraction of sp³-hybridized carbons (Fsp3) is 0.500. The molecule has 0 N–H and O–H groups in total. The molecule has 0 bridgehead atoms. The van der Waals surface area contributed by atoms with Gasteiger partial charge in [-0.15, -0.1) is 0 Å². The van der Waals surface area contributed by atoms with Crippen molar-refractivity contribution in [3.8, 4) is 0 Å². The Morgan fingerprint density at radius 2 is 1.59 bits per heavy atom. The maximum Gasteiger partial charge on any atom is 0.0546 e. The van der Waals surface area contributed by atoms with Gasteiger partial charge in [0.1, 0.15) is 0 Å². The van der Waals surface area contributed by atoms with Crippen molar-refractivity contribution < 1.29 is 4.74 Å². The number of methoxy groups -OCH3 is 1. The van der Waals surface area contributed by atoms with E-state index in [0.29, 0.717) is 5.41 Å². The first kappa shape index (κ1) is 18.7. The second-order valence-corrected chi connectivity index (χ2v) is 8.45. The summed E-state index contributed by atoms with van der Waals surface area (Å²) in [5, 5.41) is 0. The molecular weight excluding hydrogens is 332 g/mol. The molecule has 2 unspecified atom stereocenters. The first-order valence-corrected chi connectivity index (χ1v) is 10.3. The van der Waals surface area contributed by atoms with E-state index >= 15 is 0 Å². The summed E-state index contributed by atoms with van der Waals surface area (Å²) in [5.74, 6) is 0.758. The molecule has 2 atom stereocenters. The van der Waals surface area contributed by atoms with Gasteiger partial charge >= 0.3 is 0 Å². The highest BCUT2D eigenvalue weighted by Gasteiger charge is 2.49. The molecular formula is C24H32N2O. The molecule has 3 heteroatoms. The van der Waals surface area contributed by atoms with Crippen molar-refractivity contribution in [2.24, 2.45) is 11.3 Å². The Hall–Kier alpha value is -1.68. The average molecular weight is 365 g/mol. The van der Waals surface area contributed by atoms with Crippen molar-refractivity contribution in [1.82, 2.24) is 9.80 Å². The van der Waals surface area contributed by atoms with Crippen LogP contribution in [0.1, 0.15) is 17.5 Å². The summed E-state index contributed by atoms with van der Waals surface area (Å²) < 4.78 is 5.74. The fourth-order valence-electron chi connectivity index (χ4n) is 5.17. The van der Waals surface area contributed by atoms with E-state index in [9.17, 15) is 0 Å². The minimum atomic E-state index is 0.290. The van der Waals surface area contributed by atoms with Crippen LogP contribution in [0.2, 0.25) is 0 Å². The van der Waals surface area contributed by atoms with Gasteiger partial charge in [0.2, 0.25) is 0 Å². The molecule has 2 fully saturated rings. The fourth-order valence-corrected chi connectivity index (χ4v) is 5.17. The Morgan fingerprint density at radius 3 is 2.30 bits per heavy atom. The molecule has 3 nitrogen and oxygen atoms in total. The zero-order valence-electron chi connectivity index (χ0n) is 16.5. The van der Waals surface area contributed by atoms with E-state index in [0.717, 1.165) is 38.6 Å². The minimum Gasteiger partial charge on any atom is -0.384 e. The van der Waals surface area contributed by atoms with Crippen LogP contribution in [0, 0.1) is 11.3 Å². The van der Waals surface area contributed by atoms with Crippen molar-refractivity contribution >= 4 is 0 Å². The molecule has 0 aliphatic carbocycles. The lowest BCUT2D eigenvalue weighted by molar-refractivity contribution is -0.00660. The Labute approximate surface area is 163 Å². The SMILES string of the molecule is COCC12CN(CCc3ccccc3)CCC1CN(Cc1ccccc1)C2. The largest absolute Gasteiger partial charge is 0.384 e. The summed E-state index contributed by atoms with van der Waals surface area (Å²) in [6, 6.07) is 21.8. The molecule has 2 aromatic rings. The van der Waals surface area contributed by atoms with Crippen molar-refractivity contribution in [1.29, 1.82) is 0 Å². The van der Waals surface area contributed by atoms with E-state index in [-0.39, 0.29) is 0 Å². The number of rotatable bonds is 7. The first-order chi connectivity index (χ1) is 13.3. The lowest BCUT2D eigenvalue weighted by Crippen LogP contribution is -2.51. The molecule has 27 heavy (non-hydrogen) atoms. The van der Waals surface area contributed by atoms with Gasteiger partial charge < -0.3 is 9.64 Å². The normalized spacial score (nSPS) is 26.2. The third-order valence-corrected chi connectivity index (χ3v) is 6.46. The van der Waals surface area contributed by atoms with Crippen LogP contribution >= 0.6 is 0 Å². The van der Waals surface area contributed by atoms with E-state index in [1.54, 1.807) is 0 Å². The number of piperidine rings is 1. The Kier molecular flexibility index (Phi) is 5.92. The smallest absolute Gasteiger partial charge is 0.0546 e. The second kappa shape index (κ2) is 8.55. The van der Waals surface area contributed by atoms with E-state index in [1.807, 2.05) is 7.11 Å². The number of hydrogen-bond acceptors (Lipinski definition) is 3. The third kappa shape index (κ3) is 4.43. The van der Waals surface area contributed by atoms with Crippen molar-refractivity contribution in [2.75, 3.05) is 46.4 Å². The Morgan fingerprint density at radius 1 is 0.926 bits per heavy atom. The summed E-state index contributed by atoms with van der Waals surface area (Å²) in [7, 11) is 1.87. The number of nitrogens with zero attached hydrogens (tertiary/aromatic N) is 2. The maximum absolute atomic E-state index is 5.74. The van der Waals surface area contributed by atoms with Gasteiger partial charge in [-0.05, 0) is 36.4 Å². The molecule has 0 spiro atoms. The van der Waals surface area contributed by atoms with Gasteiger partial charge in [-0.25, -0.2) is 0 Å². The van der Waals surface area contributed by atoms with E-state index < -0.39 is 0 Å². The summed E-state index contributed by atoms with van der Waals surface area (Å²) in [5.41, 5.74) is 3.15. The van der Waals surface area contributed by atoms with Crippen LogP contribution in [0.15, 0.2) is 60.7 Å². The van der Waals surface area contributed by atoms with E-state index in [4.69, 9.17) is 4.74 Å². The lowest BCUT2D eigenvalue weighted by Gasteiger charge is -2.44. The number of benzene rings is 2. The summed E-state index contributed by atoms with van der Waals surface area (Å²) in [4.78, 5) is 5.33. The highest BCUT2D eigenvalue weighted by molar-refractivity contribution is 5.16. The Bertz CT molecular complexity index is 705. The zero-order valence-corrected chi connectivity index (χ0v) is 16.5. The van der Waals surface area contributed by atoms with Crippen LogP contribution in [0.4, 0.5) is 0 Å². The van der Waals surface area contributed by atoms with Crippen molar-refractivity contribution in [3.05, 3.63) is 71.8 Å². The van der Waals surface area contributed by atoms with Crippen LogP contribution < -0.4 is 0 Å². The van der Waals surface area contributed by atoms with Gasteiger partial charge in [-0.3, -0.25) is 4.90 Å². The molecule has 4 rings (SSSR count). The Balaban J connectivity index is 1.40. The summed E-state index contributed by atoms with van der Waals surface area (Å²) >= 11 is 0. The molecule has 0 radical (unpaired) electrons. The highest BCUT2D eigenvalue weighted by atomic mass is 16.5. The second-order valence-electron chi connectivity index (χ2n) is 8.45. The number of fused-ring (bicyclic) bond motifs is 1. The topological polar surface area (TPSA) is 15.7 Å². The molecule has 2 aromatic carbocycles. The van der Waals surface area contributed by atoms with E-state index in [1.165, 1.54) is 37.2 Å². The van der Waals surface area contributed by atoms with Crippen molar-refractivity contribution in [2.45, 2.75) is 19.4 Å². The molecule has 144 valence electrons. The quantitative estimate of drug-likeness (QED) is 0.745. The summed E-state index contributed by atoms with van der Waals surface area (Å²) in [6.07, 6.45) is 2.44. The number of hydrogen-bond donors (Lipinski definition) is 0. The van der Waals surface area contributed by atoms with Gasteiger partial charge in [0.05, 0.1) is 6.61 Å². The van der Waals surface area contributed by atoms with Gasteiger partial charge in [-0.2, -0.15) is 0 Å². The average Bonchev–Trinajstić information content (AvgIpc) is 3.05. The van der Waals surface area contributed by atoms with Crippen LogP contribution in [-0.2, 0) is 17.7 Å². The molecule has 0 amide bonds. The molecule has 2 saturated heterocycles. The minimum absolute atomic E-state index is 0.290. The van der Waals surface area contributed by atoms with Gasteiger partial charge in [0, 0.05) is 45.2 Å². The number of likely N-dealkylation sites (tertiary alicyclic amines) is 2. The third-order valence-electron chi connectivity index (χ3n) is 6.46. The predicted molar refractivity (Wildman–Crippen MR) is 111 cm³/mol. The van der Waals surface area contributed by atoms with Crippen LogP contribution in [-0.4, -0.2) is 56.2 Å². The predicted octanol–water partition coefficient (Wildman–Crippen LogP) is 3.70. The van der Waals surface area contributed by atoms with Crippen LogP contribution in [0.5, 0.6) is 0 Å².